The number of aliphatic carboxylic acids is 1. The maximum absolute atomic E-state index is 14.3. The number of amides is 2. The molecule has 15 heteroatoms. The maximum Gasteiger partial charge on any atom is 0.325 e. The first-order valence-corrected chi connectivity index (χ1v) is 24.8. The number of rotatable bonds is 18. The molecule has 0 aromatic heterocycles. The number of ether oxygens (including phenoxy) is 1. The summed E-state index contributed by atoms with van der Waals surface area (Å²) in [4.78, 5) is 41.8. The zero-order chi connectivity index (χ0) is 39.7. The number of unbranched alkanes of at least 4 members (excludes halogenated alkanes) is 2. The molecule has 294 valence electrons. The number of para-hydroxylation sites is 1. The van der Waals surface area contributed by atoms with E-state index in [-0.39, 0.29) is 22.4 Å². The van der Waals surface area contributed by atoms with E-state index >= 15 is 0 Å². The van der Waals surface area contributed by atoms with Crippen LogP contribution in [0.3, 0.4) is 0 Å². The van der Waals surface area contributed by atoms with Crippen molar-refractivity contribution >= 4 is 59.0 Å². The summed E-state index contributed by atoms with van der Waals surface area (Å²) in [5, 5.41) is 24.9. The van der Waals surface area contributed by atoms with E-state index in [0.29, 0.717) is 35.5 Å². The molecule has 0 saturated carbocycles. The lowest BCUT2D eigenvalue weighted by Crippen LogP contribution is -2.53. The molecule has 0 aliphatic carbocycles. The Morgan fingerprint density at radius 1 is 0.981 bits per heavy atom. The highest BCUT2D eigenvalue weighted by molar-refractivity contribution is 7.98. The second-order valence-electron chi connectivity index (χ2n) is 15.0. The number of carbonyl (C=O) groups is 3. The first-order chi connectivity index (χ1) is 25.5. The van der Waals surface area contributed by atoms with Gasteiger partial charge in [-0.15, -0.1) is 11.8 Å². The number of aromatic hydroxyl groups is 1. The lowest BCUT2D eigenvalue weighted by molar-refractivity contribution is -0.141. The molecule has 3 aromatic carbocycles. The highest BCUT2D eigenvalue weighted by atomic mass is 32.2. The van der Waals surface area contributed by atoms with E-state index in [0.717, 1.165) is 31.4 Å². The van der Waals surface area contributed by atoms with Crippen molar-refractivity contribution < 1.29 is 37.8 Å². The number of anilines is 2. The standard InChI is InChI=1S/C39H54N4O8S2Si/c1-7-9-20-39(21-10-8-2)26-43(28-14-12-11-13-15-28)31-22-33(52-3)32(23-34(31)53(49,50)42-39)51-24-35(45)41-36(27-16-18-29(44)19-17-27)37(46)40-30(38(47)48)25-54(4,5)6/h11-19,22-23,30,36,42,44H,7-10,20-21,24-26H2,1-6H3,(H,40,46)(H,41,45)(H,47,48)/t30-,36-/m1/s1. The number of hydrogen-bond acceptors (Lipinski definition) is 9. The Morgan fingerprint density at radius 3 is 2.17 bits per heavy atom. The largest absolute Gasteiger partial charge is 0.508 e. The second kappa shape index (κ2) is 18.5. The Hall–Kier alpha value is -4.05. The van der Waals surface area contributed by atoms with Gasteiger partial charge < -0.3 is 30.5 Å². The lowest BCUT2D eigenvalue weighted by Gasteiger charge is -2.37. The zero-order valence-corrected chi connectivity index (χ0v) is 34.6. The van der Waals surface area contributed by atoms with E-state index in [1.165, 1.54) is 42.1 Å². The van der Waals surface area contributed by atoms with E-state index in [4.69, 9.17) is 4.74 Å². The van der Waals surface area contributed by atoms with E-state index in [9.17, 15) is 33.0 Å². The van der Waals surface area contributed by atoms with Crippen LogP contribution in [0.25, 0.3) is 0 Å². The number of carboxylic acids is 1. The molecular formula is C39H54N4O8S2Si. The van der Waals surface area contributed by atoms with Gasteiger partial charge in [0.2, 0.25) is 15.9 Å². The van der Waals surface area contributed by atoms with Crippen molar-refractivity contribution in [3.63, 3.8) is 0 Å². The molecule has 54 heavy (non-hydrogen) atoms. The Kier molecular flexibility index (Phi) is 14.6. The highest BCUT2D eigenvalue weighted by Crippen LogP contribution is 2.44. The van der Waals surface area contributed by atoms with Crippen LogP contribution in [0.1, 0.15) is 64.0 Å². The average Bonchev–Trinajstić information content (AvgIpc) is 3.22. The van der Waals surface area contributed by atoms with Gasteiger partial charge in [-0.05, 0) is 61.0 Å². The summed E-state index contributed by atoms with van der Waals surface area (Å²) >= 11 is 1.34. The predicted molar refractivity (Wildman–Crippen MR) is 216 cm³/mol. The Morgan fingerprint density at radius 2 is 1.61 bits per heavy atom. The monoisotopic (exact) mass is 798 g/mol. The molecule has 1 aliphatic heterocycles. The fourth-order valence-electron chi connectivity index (χ4n) is 6.62. The molecule has 0 radical (unpaired) electrons. The topological polar surface area (TPSA) is 174 Å². The van der Waals surface area contributed by atoms with Crippen LogP contribution in [0.5, 0.6) is 11.5 Å². The van der Waals surface area contributed by atoms with Crippen molar-refractivity contribution in [2.45, 2.75) is 105 Å². The van der Waals surface area contributed by atoms with E-state index in [1.807, 2.05) is 56.2 Å². The normalized spacial score (nSPS) is 16.0. The van der Waals surface area contributed by atoms with Crippen LogP contribution in [-0.2, 0) is 24.4 Å². The summed E-state index contributed by atoms with van der Waals surface area (Å²) in [5.74, 6) is -2.49. The Labute approximate surface area is 324 Å². The smallest absolute Gasteiger partial charge is 0.325 e. The van der Waals surface area contributed by atoms with Gasteiger partial charge in [-0.3, -0.25) is 14.4 Å². The third-order valence-corrected chi connectivity index (χ3v) is 13.3. The van der Waals surface area contributed by atoms with Crippen LogP contribution < -0.4 is 25.0 Å². The van der Waals surface area contributed by atoms with Crippen LogP contribution in [0.4, 0.5) is 11.4 Å². The highest BCUT2D eigenvalue weighted by Gasteiger charge is 2.42. The number of phenols is 1. The van der Waals surface area contributed by atoms with Crippen LogP contribution >= 0.6 is 11.8 Å². The number of carboxylic acid groups (broad SMARTS) is 1. The first-order valence-electron chi connectivity index (χ1n) is 18.3. The number of nitrogens with one attached hydrogen (secondary N) is 3. The number of benzene rings is 3. The number of nitrogens with zero attached hydrogens (tertiary/aromatic N) is 1. The molecule has 2 atom stereocenters. The molecule has 0 spiro atoms. The second-order valence-corrected chi connectivity index (χ2v) is 23.1. The quantitative estimate of drug-likeness (QED) is 0.0680. The number of thioether (sulfide) groups is 1. The molecule has 1 heterocycles. The summed E-state index contributed by atoms with van der Waals surface area (Å²) in [5.41, 5.74) is 0.945. The van der Waals surface area contributed by atoms with Crippen molar-refractivity contribution in [2.75, 3.05) is 24.3 Å². The van der Waals surface area contributed by atoms with Gasteiger partial charge in [0.05, 0.1) is 16.1 Å². The third-order valence-electron chi connectivity index (χ3n) is 9.31. The Bertz CT molecular complexity index is 1860. The van der Waals surface area contributed by atoms with Crippen LogP contribution in [-0.4, -0.2) is 75.5 Å². The third kappa shape index (κ3) is 11.2. The lowest BCUT2D eigenvalue weighted by atomic mass is 9.87. The molecule has 3 aromatic rings. The fraction of sp³-hybridized carbons (Fsp3) is 0.462. The summed E-state index contributed by atoms with van der Waals surface area (Å²) in [6, 6.07) is 16.4. The summed E-state index contributed by atoms with van der Waals surface area (Å²) in [6.07, 6.45) is 6.70. The fourth-order valence-corrected chi connectivity index (χ4v) is 10.3. The van der Waals surface area contributed by atoms with Gasteiger partial charge in [0.1, 0.15) is 28.5 Å². The molecule has 0 saturated heterocycles. The van der Waals surface area contributed by atoms with Gasteiger partial charge in [0.15, 0.2) is 6.61 Å². The summed E-state index contributed by atoms with van der Waals surface area (Å²) < 4.78 is 37.8. The number of carbonyl (C=O) groups excluding carboxylic acids is 2. The van der Waals surface area contributed by atoms with Crippen LogP contribution in [0, 0.1) is 0 Å². The first kappa shape index (κ1) is 42.7. The van der Waals surface area contributed by atoms with Gasteiger partial charge in [-0.25, -0.2) is 13.1 Å². The maximum atomic E-state index is 14.3. The van der Waals surface area contributed by atoms with Gasteiger partial charge in [-0.1, -0.05) is 89.5 Å². The molecule has 5 N–H and O–H groups in total. The molecule has 0 unspecified atom stereocenters. The van der Waals surface area contributed by atoms with Crippen molar-refractivity contribution in [2.24, 2.45) is 0 Å². The Balaban J connectivity index is 1.68. The number of fused-ring (bicyclic) bond motifs is 1. The average molecular weight is 799 g/mol. The number of hydrogen-bond donors (Lipinski definition) is 5. The predicted octanol–water partition coefficient (Wildman–Crippen LogP) is 6.81. The molecule has 12 nitrogen and oxygen atoms in total. The van der Waals surface area contributed by atoms with Crippen LogP contribution in [0.15, 0.2) is 76.5 Å². The molecule has 4 rings (SSSR count). The van der Waals surface area contributed by atoms with Crippen molar-refractivity contribution in [1.82, 2.24) is 15.4 Å². The van der Waals surface area contributed by atoms with E-state index < -0.39 is 60.1 Å². The van der Waals surface area contributed by atoms with Gasteiger partial charge in [0, 0.05) is 26.4 Å². The van der Waals surface area contributed by atoms with E-state index in [2.05, 4.69) is 34.1 Å². The molecule has 2 amide bonds. The molecule has 1 aliphatic rings. The molecular weight excluding hydrogens is 745 g/mol. The minimum absolute atomic E-state index is 0.0258. The van der Waals surface area contributed by atoms with Gasteiger partial charge >= 0.3 is 5.97 Å². The molecule has 0 fully saturated rings. The van der Waals surface area contributed by atoms with Crippen molar-refractivity contribution in [1.29, 1.82) is 0 Å². The SMILES string of the molecule is CCCCC1(CCCC)CN(c2ccccc2)c2cc(SC)c(OCC(=O)N[C@@H](C(=O)N[C@H](C[Si](C)(C)C)C(=O)O)c3ccc(O)cc3)cc2S(=O)(=O)N1. The summed E-state index contributed by atoms with van der Waals surface area (Å²) in [7, 11) is -5.99. The minimum Gasteiger partial charge on any atom is -0.508 e. The number of sulfonamides is 1. The van der Waals surface area contributed by atoms with Gasteiger partial charge in [-0.2, -0.15) is 0 Å². The minimum atomic E-state index is -4.08. The van der Waals surface area contributed by atoms with Crippen molar-refractivity contribution in [3.05, 3.63) is 72.3 Å². The zero-order valence-electron chi connectivity index (χ0n) is 32.0. The number of phenolic OH excluding ortho intramolecular Hbond substituents is 1. The van der Waals surface area contributed by atoms with Crippen LogP contribution in [0.2, 0.25) is 25.7 Å². The van der Waals surface area contributed by atoms with Crippen molar-refractivity contribution in [3.8, 4) is 11.5 Å². The van der Waals surface area contributed by atoms with E-state index in [1.54, 1.807) is 6.07 Å². The van der Waals surface area contributed by atoms with Gasteiger partial charge in [0.25, 0.3) is 5.91 Å². The summed E-state index contributed by atoms with van der Waals surface area (Å²) in [6.45, 7) is 10.0. The molecule has 0 bridgehead atoms.